The number of piperidine rings is 1. The Bertz CT molecular complexity index is 537. The van der Waals surface area contributed by atoms with Gasteiger partial charge < -0.3 is 10.2 Å². The fraction of sp³-hybridized carbons (Fsp3) is 0.500. The van der Waals surface area contributed by atoms with Gasteiger partial charge in [0.25, 0.3) is 0 Å². The number of anilines is 1. The molecule has 0 spiro atoms. The van der Waals surface area contributed by atoms with E-state index in [9.17, 15) is 9.59 Å². The first-order valence-electron chi connectivity index (χ1n) is 7.36. The van der Waals surface area contributed by atoms with Gasteiger partial charge in [0.2, 0.25) is 11.8 Å². The molecule has 0 saturated carbocycles. The van der Waals surface area contributed by atoms with Crippen molar-refractivity contribution in [2.45, 2.75) is 33.1 Å². The highest BCUT2D eigenvalue weighted by atomic mass is 79.9. The third-order valence-corrected chi connectivity index (χ3v) is 4.84. The summed E-state index contributed by atoms with van der Waals surface area (Å²) in [5.74, 6) is 0.229. The van der Waals surface area contributed by atoms with Crippen LogP contribution in [0.1, 0.15) is 31.7 Å². The lowest BCUT2D eigenvalue weighted by Gasteiger charge is -2.31. The Labute approximate surface area is 134 Å². The predicted molar refractivity (Wildman–Crippen MR) is 87.1 cm³/mol. The Morgan fingerprint density at radius 3 is 2.57 bits per heavy atom. The summed E-state index contributed by atoms with van der Waals surface area (Å²) < 4.78 is 1.03. The second-order valence-electron chi connectivity index (χ2n) is 5.46. The smallest absolute Gasteiger partial charge is 0.227 e. The van der Waals surface area contributed by atoms with Crippen LogP contribution in [0.15, 0.2) is 22.7 Å². The summed E-state index contributed by atoms with van der Waals surface area (Å²) >= 11 is 3.45. The van der Waals surface area contributed by atoms with Crippen LogP contribution < -0.4 is 5.32 Å². The number of hydrogen-bond donors (Lipinski definition) is 1. The molecule has 1 saturated heterocycles. The molecule has 0 unspecified atom stereocenters. The fourth-order valence-corrected chi connectivity index (χ4v) is 2.83. The molecule has 21 heavy (non-hydrogen) atoms. The van der Waals surface area contributed by atoms with E-state index in [1.165, 1.54) is 0 Å². The maximum Gasteiger partial charge on any atom is 0.227 e. The van der Waals surface area contributed by atoms with E-state index >= 15 is 0 Å². The van der Waals surface area contributed by atoms with E-state index in [-0.39, 0.29) is 17.7 Å². The van der Waals surface area contributed by atoms with Gasteiger partial charge in [-0.25, -0.2) is 0 Å². The predicted octanol–water partition coefficient (Wildman–Crippen LogP) is 3.34. The number of carbonyl (C=O) groups excluding carboxylic acids is 2. The molecule has 0 atom stereocenters. The summed E-state index contributed by atoms with van der Waals surface area (Å²) in [6, 6.07) is 5.79. The standard InChI is InChI=1S/C16H21BrN2O2/c1-3-15(20)19-8-6-12(7-9-19)16(21)18-13-4-5-14(17)11(2)10-13/h4-5,10,12H,3,6-9H2,1-2H3,(H,18,21). The molecule has 2 amide bonds. The van der Waals surface area contributed by atoms with Crippen LogP contribution in [0.3, 0.4) is 0 Å². The number of aryl methyl sites for hydroxylation is 1. The highest BCUT2D eigenvalue weighted by Crippen LogP contribution is 2.23. The number of hydrogen-bond acceptors (Lipinski definition) is 2. The van der Waals surface area contributed by atoms with Crippen molar-refractivity contribution in [3.63, 3.8) is 0 Å². The Morgan fingerprint density at radius 1 is 1.33 bits per heavy atom. The second-order valence-corrected chi connectivity index (χ2v) is 6.32. The van der Waals surface area contributed by atoms with Crippen molar-refractivity contribution in [3.8, 4) is 0 Å². The van der Waals surface area contributed by atoms with Crippen molar-refractivity contribution in [2.75, 3.05) is 18.4 Å². The molecule has 1 aliphatic rings. The van der Waals surface area contributed by atoms with Gasteiger partial charge in [0.05, 0.1) is 0 Å². The molecule has 0 bridgehead atoms. The maximum absolute atomic E-state index is 12.3. The van der Waals surface area contributed by atoms with Crippen LogP contribution in [0.4, 0.5) is 5.69 Å². The normalized spacial score (nSPS) is 15.9. The summed E-state index contributed by atoms with van der Waals surface area (Å²) in [4.78, 5) is 25.8. The minimum Gasteiger partial charge on any atom is -0.343 e. The molecule has 0 radical (unpaired) electrons. The highest BCUT2D eigenvalue weighted by molar-refractivity contribution is 9.10. The van der Waals surface area contributed by atoms with Gasteiger partial charge in [0.15, 0.2) is 0 Å². The van der Waals surface area contributed by atoms with Crippen molar-refractivity contribution in [1.82, 2.24) is 4.90 Å². The van der Waals surface area contributed by atoms with Gasteiger partial charge in [-0.1, -0.05) is 22.9 Å². The molecule has 1 fully saturated rings. The maximum atomic E-state index is 12.3. The molecular formula is C16H21BrN2O2. The zero-order chi connectivity index (χ0) is 15.4. The van der Waals surface area contributed by atoms with Gasteiger partial charge in [-0.2, -0.15) is 0 Å². The number of nitrogens with zero attached hydrogens (tertiary/aromatic N) is 1. The average Bonchev–Trinajstić information content (AvgIpc) is 2.50. The molecule has 1 aliphatic heterocycles. The number of nitrogens with one attached hydrogen (secondary N) is 1. The van der Waals surface area contributed by atoms with E-state index in [4.69, 9.17) is 0 Å². The van der Waals surface area contributed by atoms with Gasteiger partial charge in [-0.3, -0.25) is 9.59 Å². The topological polar surface area (TPSA) is 49.4 Å². The van der Waals surface area contributed by atoms with Gasteiger partial charge in [0, 0.05) is 35.6 Å². The van der Waals surface area contributed by atoms with Crippen LogP contribution in [0, 0.1) is 12.8 Å². The van der Waals surface area contributed by atoms with Gasteiger partial charge in [-0.15, -0.1) is 0 Å². The van der Waals surface area contributed by atoms with Crippen molar-refractivity contribution >= 4 is 33.4 Å². The van der Waals surface area contributed by atoms with Crippen LogP contribution in [0.5, 0.6) is 0 Å². The molecule has 1 N–H and O–H groups in total. The van der Waals surface area contributed by atoms with Crippen LogP contribution >= 0.6 is 15.9 Å². The van der Waals surface area contributed by atoms with Crippen molar-refractivity contribution in [3.05, 3.63) is 28.2 Å². The zero-order valence-corrected chi connectivity index (χ0v) is 14.1. The van der Waals surface area contributed by atoms with Gasteiger partial charge >= 0.3 is 0 Å². The average molecular weight is 353 g/mol. The van der Waals surface area contributed by atoms with Crippen LogP contribution in [0.2, 0.25) is 0 Å². The van der Waals surface area contributed by atoms with Crippen molar-refractivity contribution in [1.29, 1.82) is 0 Å². The summed E-state index contributed by atoms with van der Waals surface area (Å²) in [7, 11) is 0. The summed E-state index contributed by atoms with van der Waals surface area (Å²) in [5.41, 5.74) is 1.92. The number of carbonyl (C=O) groups is 2. The second kappa shape index (κ2) is 7.07. The van der Waals surface area contributed by atoms with E-state index in [1.54, 1.807) is 0 Å². The lowest BCUT2D eigenvalue weighted by molar-refractivity contribution is -0.134. The molecule has 0 aliphatic carbocycles. The summed E-state index contributed by atoms with van der Waals surface area (Å²) in [6.07, 6.45) is 2.02. The Hall–Kier alpha value is -1.36. The summed E-state index contributed by atoms with van der Waals surface area (Å²) in [5, 5.41) is 2.97. The first-order valence-corrected chi connectivity index (χ1v) is 8.15. The molecule has 1 heterocycles. The first kappa shape index (κ1) is 16.0. The van der Waals surface area contributed by atoms with Crippen LogP contribution in [-0.2, 0) is 9.59 Å². The fourth-order valence-electron chi connectivity index (χ4n) is 2.58. The molecule has 1 aromatic rings. The zero-order valence-electron chi connectivity index (χ0n) is 12.5. The molecular weight excluding hydrogens is 332 g/mol. The SMILES string of the molecule is CCC(=O)N1CCC(C(=O)Nc2ccc(Br)c(C)c2)CC1. The number of halogens is 1. The number of likely N-dealkylation sites (tertiary alicyclic amines) is 1. The van der Waals surface area contributed by atoms with E-state index in [0.717, 1.165) is 28.6 Å². The number of benzene rings is 1. The Morgan fingerprint density at radius 2 is 2.00 bits per heavy atom. The Kier molecular flexibility index (Phi) is 5.39. The first-order chi connectivity index (χ1) is 10.0. The summed E-state index contributed by atoms with van der Waals surface area (Å²) in [6.45, 7) is 5.24. The van der Waals surface area contributed by atoms with E-state index < -0.39 is 0 Å². The highest BCUT2D eigenvalue weighted by Gasteiger charge is 2.26. The van der Waals surface area contributed by atoms with Gasteiger partial charge in [0.1, 0.15) is 0 Å². The number of amides is 2. The lowest BCUT2D eigenvalue weighted by atomic mass is 9.95. The van der Waals surface area contributed by atoms with E-state index in [2.05, 4.69) is 21.2 Å². The van der Waals surface area contributed by atoms with Crippen molar-refractivity contribution in [2.24, 2.45) is 5.92 Å². The largest absolute Gasteiger partial charge is 0.343 e. The number of rotatable bonds is 3. The van der Waals surface area contributed by atoms with Crippen molar-refractivity contribution < 1.29 is 9.59 Å². The molecule has 1 aromatic carbocycles. The third-order valence-electron chi connectivity index (χ3n) is 3.95. The Balaban J connectivity index is 1.90. The molecule has 114 valence electrons. The van der Waals surface area contributed by atoms with Gasteiger partial charge in [-0.05, 0) is 43.5 Å². The lowest BCUT2D eigenvalue weighted by Crippen LogP contribution is -2.41. The monoisotopic (exact) mass is 352 g/mol. The quantitative estimate of drug-likeness (QED) is 0.906. The van der Waals surface area contributed by atoms with Crippen LogP contribution in [-0.4, -0.2) is 29.8 Å². The molecule has 0 aromatic heterocycles. The minimum absolute atomic E-state index is 0.00476. The van der Waals surface area contributed by atoms with E-state index in [0.29, 0.717) is 19.5 Å². The van der Waals surface area contributed by atoms with Crippen LogP contribution in [0.25, 0.3) is 0 Å². The molecule has 5 heteroatoms. The molecule has 2 rings (SSSR count). The molecule has 4 nitrogen and oxygen atoms in total. The van der Waals surface area contributed by atoms with E-state index in [1.807, 2.05) is 36.9 Å². The third kappa shape index (κ3) is 4.06. The minimum atomic E-state index is -0.00476.